The summed E-state index contributed by atoms with van der Waals surface area (Å²) in [7, 11) is 0. The Kier molecular flexibility index (Phi) is 2.44. The largest absolute Gasteiger partial charge is 0.242 e. The van der Waals surface area contributed by atoms with Crippen LogP contribution in [0.5, 0.6) is 0 Å². The van der Waals surface area contributed by atoms with Crippen LogP contribution in [-0.4, -0.2) is 12.1 Å². The predicted octanol–water partition coefficient (Wildman–Crippen LogP) is 2.75. The highest BCUT2D eigenvalue weighted by atomic mass is 35.5. The number of halogens is 3. The van der Waals surface area contributed by atoms with Crippen molar-refractivity contribution in [2.24, 2.45) is 0 Å². The average Bonchev–Trinajstić information content (AvgIpc) is 1.88. The van der Waals surface area contributed by atoms with Gasteiger partial charge in [-0.05, 0) is 6.08 Å². The van der Waals surface area contributed by atoms with Crippen LogP contribution < -0.4 is 0 Å². The maximum absolute atomic E-state index is 12.7. The molecular weight excluding hydrogens is 158 g/mol. The van der Waals surface area contributed by atoms with Gasteiger partial charge in [0.1, 0.15) is 12.0 Å². The van der Waals surface area contributed by atoms with E-state index in [2.05, 4.69) is 0 Å². The molecular formula is C7H7ClF2. The topological polar surface area (TPSA) is 0 Å². The molecule has 0 saturated heterocycles. The van der Waals surface area contributed by atoms with Crippen LogP contribution in [0.4, 0.5) is 8.78 Å². The molecule has 0 nitrogen and oxygen atoms in total. The molecule has 0 spiro atoms. The van der Waals surface area contributed by atoms with E-state index in [1.807, 2.05) is 0 Å². The summed E-state index contributed by atoms with van der Waals surface area (Å²) in [4.78, 5) is 0. The normalized spacial score (nSPS) is 25.7. The van der Waals surface area contributed by atoms with Crippen LogP contribution >= 0.6 is 11.6 Å². The molecule has 1 aliphatic rings. The Bertz CT molecular complexity index is 184. The first kappa shape index (κ1) is 7.73. The molecule has 0 amide bonds. The van der Waals surface area contributed by atoms with Crippen LogP contribution in [0.15, 0.2) is 23.6 Å². The molecule has 0 fully saturated rings. The van der Waals surface area contributed by atoms with Gasteiger partial charge in [-0.25, -0.2) is 8.78 Å². The fraction of sp³-hybridized carbons (Fsp3) is 0.429. The van der Waals surface area contributed by atoms with E-state index in [4.69, 9.17) is 11.6 Å². The zero-order valence-electron chi connectivity index (χ0n) is 5.28. The fourth-order valence-corrected chi connectivity index (χ4v) is 1.13. The van der Waals surface area contributed by atoms with Gasteiger partial charge in [0, 0.05) is 17.9 Å². The van der Waals surface area contributed by atoms with E-state index in [-0.39, 0.29) is 17.9 Å². The van der Waals surface area contributed by atoms with Gasteiger partial charge >= 0.3 is 0 Å². The number of allylic oxidation sites excluding steroid dienone is 4. The van der Waals surface area contributed by atoms with Crippen LogP contribution in [0, 0.1) is 0 Å². The Labute approximate surface area is 63.2 Å². The van der Waals surface area contributed by atoms with Crippen molar-refractivity contribution in [3.8, 4) is 0 Å². The number of hydrogen-bond donors (Lipinski definition) is 0. The van der Waals surface area contributed by atoms with Crippen molar-refractivity contribution >= 4 is 11.6 Å². The zero-order valence-corrected chi connectivity index (χ0v) is 6.04. The van der Waals surface area contributed by atoms with Crippen molar-refractivity contribution in [1.82, 2.24) is 0 Å². The second-order valence-electron chi connectivity index (χ2n) is 2.11. The summed E-state index contributed by atoms with van der Waals surface area (Å²) in [6, 6.07) is 0. The highest BCUT2D eigenvalue weighted by Gasteiger charge is 2.17. The Hall–Kier alpha value is -0.370. The van der Waals surface area contributed by atoms with Crippen molar-refractivity contribution in [1.29, 1.82) is 0 Å². The van der Waals surface area contributed by atoms with Crippen LogP contribution in [0.25, 0.3) is 0 Å². The molecule has 0 N–H and O–H groups in total. The first-order valence-electron chi connectivity index (χ1n) is 3.01. The highest BCUT2D eigenvalue weighted by molar-refractivity contribution is 6.19. The third kappa shape index (κ3) is 1.37. The van der Waals surface area contributed by atoms with Gasteiger partial charge in [-0.3, -0.25) is 0 Å². The molecule has 0 radical (unpaired) electrons. The maximum Gasteiger partial charge on any atom is 0.129 e. The van der Waals surface area contributed by atoms with Crippen LogP contribution in [0.3, 0.4) is 0 Å². The molecule has 0 heterocycles. The molecule has 1 atom stereocenters. The molecule has 1 rings (SSSR count). The molecule has 10 heavy (non-hydrogen) atoms. The molecule has 1 unspecified atom stereocenters. The van der Waals surface area contributed by atoms with Gasteiger partial charge < -0.3 is 0 Å². The number of rotatable bonds is 1. The first-order valence-corrected chi connectivity index (χ1v) is 3.54. The third-order valence-electron chi connectivity index (χ3n) is 1.44. The van der Waals surface area contributed by atoms with E-state index in [1.165, 1.54) is 12.2 Å². The molecule has 56 valence electrons. The molecule has 1 aliphatic carbocycles. The van der Waals surface area contributed by atoms with Gasteiger partial charge in [0.15, 0.2) is 0 Å². The first-order chi connectivity index (χ1) is 4.75. The van der Waals surface area contributed by atoms with E-state index < -0.39 is 12.0 Å². The van der Waals surface area contributed by atoms with Crippen LogP contribution in [0.1, 0.15) is 6.42 Å². The maximum atomic E-state index is 12.7. The summed E-state index contributed by atoms with van der Waals surface area (Å²) in [5.74, 6) is -0.578. The van der Waals surface area contributed by atoms with E-state index in [0.29, 0.717) is 0 Å². The Balaban J connectivity index is 2.83. The lowest BCUT2D eigenvalue weighted by molar-refractivity contribution is 0.372. The summed E-state index contributed by atoms with van der Waals surface area (Å²) in [5.41, 5.74) is 0.0733. The van der Waals surface area contributed by atoms with Crippen LogP contribution in [0.2, 0.25) is 0 Å². The standard InChI is InChI=1S/C7H7ClF2/c8-4-5-6(9)2-1-3-7(5)10/h1-2,7H,3-4H2. The minimum absolute atomic E-state index is 0.0582. The minimum atomic E-state index is -1.22. The molecule has 0 aromatic heterocycles. The fourth-order valence-electron chi connectivity index (χ4n) is 0.837. The Morgan fingerprint density at radius 3 is 2.80 bits per heavy atom. The van der Waals surface area contributed by atoms with Crippen molar-refractivity contribution in [3.63, 3.8) is 0 Å². The van der Waals surface area contributed by atoms with E-state index in [9.17, 15) is 8.78 Å². The lowest BCUT2D eigenvalue weighted by atomic mass is 10.0. The Morgan fingerprint density at radius 2 is 2.40 bits per heavy atom. The SMILES string of the molecule is FC1=C(CCl)C(F)CC=C1. The molecule has 0 aliphatic heterocycles. The van der Waals surface area contributed by atoms with Gasteiger partial charge in [0.25, 0.3) is 0 Å². The summed E-state index contributed by atoms with van der Waals surface area (Å²) >= 11 is 5.30. The van der Waals surface area contributed by atoms with Crippen molar-refractivity contribution in [3.05, 3.63) is 23.6 Å². The van der Waals surface area contributed by atoms with E-state index in [1.54, 1.807) is 0 Å². The summed E-state index contributed by atoms with van der Waals surface area (Å²) < 4.78 is 25.2. The van der Waals surface area contributed by atoms with Gasteiger partial charge in [0.05, 0.1) is 0 Å². The second kappa shape index (κ2) is 3.15. The monoisotopic (exact) mass is 164 g/mol. The smallest absolute Gasteiger partial charge is 0.129 e. The second-order valence-corrected chi connectivity index (χ2v) is 2.38. The predicted molar refractivity (Wildman–Crippen MR) is 37.5 cm³/mol. The van der Waals surface area contributed by atoms with Gasteiger partial charge in [-0.15, -0.1) is 11.6 Å². The number of alkyl halides is 2. The molecule has 3 heteroatoms. The highest BCUT2D eigenvalue weighted by Crippen LogP contribution is 2.23. The summed E-state index contributed by atoms with van der Waals surface area (Å²) in [5, 5.41) is 0. The van der Waals surface area contributed by atoms with Crippen molar-refractivity contribution in [2.45, 2.75) is 12.6 Å². The summed E-state index contributed by atoms with van der Waals surface area (Å²) in [6.45, 7) is 0. The minimum Gasteiger partial charge on any atom is -0.242 e. The van der Waals surface area contributed by atoms with E-state index >= 15 is 0 Å². The quantitative estimate of drug-likeness (QED) is 0.523. The van der Waals surface area contributed by atoms with E-state index in [0.717, 1.165) is 0 Å². The van der Waals surface area contributed by atoms with Crippen molar-refractivity contribution in [2.75, 3.05) is 5.88 Å². The molecule has 0 bridgehead atoms. The summed E-state index contributed by atoms with van der Waals surface area (Å²) in [6.07, 6.45) is 1.75. The molecule has 0 saturated carbocycles. The molecule has 0 aromatic carbocycles. The lowest BCUT2D eigenvalue weighted by Gasteiger charge is -2.11. The average molecular weight is 165 g/mol. The van der Waals surface area contributed by atoms with Gasteiger partial charge in [-0.1, -0.05) is 6.08 Å². The van der Waals surface area contributed by atoms with Crippen LogP contribution in [-0.2, 0) is 0 Å². The molecule has 0 aromatic rings. The third-order valence-corrected chi connectivity index (χ3v) is 1.72. The van der Waals surface area contributed by atoms with Crippen molar-refractivity contribution < 1.29 is 8.78 Å². The van der Waals surface area contributed by atoms with Gasteiger partial charge in [-0.2, -0.15) is 0 Å². The zero-order chi connectivity index (χ0) is 7.56. The number of hydrogen-bond acceptors (Lipinski definition) is 0. The van der Waals surface area contributed by atoms with Gasteiger partial charge in [0.2, 0.25) is 0 Å². The Morgan fingerprint density at radius 1 is 1.70 bits per heavy atom. The lowest BCUT2D eigenvalue weighted by Crippen LogP contribution is -2.09.